The Morgan fingerprint density at radius 2 is 1.82 bits per heavy atom. The third kappa shape index (κ3) is 2.87. The fraction of sp³-hybridized carbons (Fsp3) is 0.125. The topological polar surface area (TPSA) is 41.9 Å². The molecule has 1 aliphatic rings. The number of hydrogen-bond acceptors (Lipinski definition) is 3. The summed E-state index contributed by atoms with van der Waals surface area (Å²) < 4.78 is 19.8. The van der Waals surface area contributed by atoms with Gasteiger partial charge in [0.15, 0.2) is 0 Å². The van der Waals surface area contributed by atoms with Gasteiger partial charge < -0.3 is 4.74 Å². The van der Waals surface area contributed by atoms with Crippen LogP contribution in [-0.2, 0) is 9.53 Å². The average molecular weight is 363 g/mol. The summed E-state index contributed by atoms with van der Waals surface area (Å²) in [4.78, 5) is 11.8. The highest BCUT2D eigenvalue weighted by Gasteiger charge is 2.32. The fourth-order valence-electron chi connectivity index (χ4n) is 2.12. The van der Waals surface area contributed by atoms with Gasteiger partial charge in [0, 0.05) is 22.5 Å². The fourth-order valence-corrected chi connectivity index (χ4v) is 2.38. The Balaban J connectivity index is 1.92. The molecule has 0 saturated heterocycles. The van der Waals surface area contributed by atoms with Crippen molar-refractivity contribution in [2.24, 2.45) is 5.10 Å². The first-order chi connectivity index (χ1) is 10.5. The Morgan fingerprint density at radius 1 is 1.18 bits per heavy atom. The molecule has 112 valence electrons. The van der Waals surface area contributed by atoms with Crippen LogP contribution >= 0.6 is 15.9 Å². The monoisotopic (exact) mass is 362 g/mol. The Labute approximate surface area is 135 Å². The lowest BCUT2D eigenvalue weighted by Gasteiger charge is -2.19. The Kier molecular flexibility index (Phi) is 3.94. The number of halogens is 2. The van der Waals surface area contributed by atoms with Crippen molar-refractivity contribution in [3.8, 4) is 0 Å². The zero-order valence-electron chi connectivity index (χ0n) is 11.7. The Hall–Kier alpha value is -2.21. The summed E-state index contributed by atoms with van der Waals surface area (Å²) in [5.41, 5.74) is 1.42. The van der Waals surface area contributed by atoms with E-state index < -0.39 is 6.23 Å². The van der Waals surface area contributed by atoms with E-state index in [1.807, 2.05) is 24.3 Å². The molecule has 1 heterocycles. The van der Waals surface area contributed by atoms with Crippen molar-refractivity contribution >= 4 is 27.7 Å². The van der Waals surface area contributed by atoms with Crippen LogP contribution in [0.15, 0.2) is 58.1 Å². The van der Waals surface area contributed by atoms with Gasteiger partial charge in [-0.25, -0.2) is 4.39 Å². The van der Waals surface area contributed by atoms with E-state index in [0.717, 1.165) is 10.0 Å². The van der Waals surface area contributed by atoms with Crippen LogP contribution in [0.4, 0.5) is 4.39 Å². The highest BCUT2D eigenvalue weighted by molar-refractivity contribution is 9.10. The number of carbonyl (C=O) groups excluding carboxylic acids is 1. The maximum Gasteiger partial charge on any atom is 0.243 e. The van der Waals surface area contributed by atoms with E-state index in [-0.39, 0.29) is 11.7 Å². The van der Waals surface area contributed by atoms with Crippen LogP contribution in [0, 0.1) is 5.82 Å². The van der Waals surface area contributed by atoms with Crippen molar-refractivity contribution in [3.05, 3.63) is 69.9 Å². The zero-order valence-corrected chi connectivity index (χ0v) is 13.2. The van der Waals surface area contributed by atoms with E-state index >= 15 is 0 Å². The maximum atomic E-state index is 13.1. The quantitative estimate of drug-likeness (QED) is 0.814. The summed E-state index contributed by atoms with van der Waals surface area (Å²) in [5.74, 6) is -0.233. The lowest BCUT2D eigenvalue weighted by atomic mass is 10.2. The number of carbonyl (C=O) groups is 1. The first-order valence-electron chi connectivity index (χ1n) is 6.61. The predicted molar refractivity (Wildman–Crippen MR) is 83.4 cm³/mol. The number of amides is 1. The summed E-state index contributed by atoms with van der Waals surface area (Å²) in [7, 11) is 0. The molecule has 0 unspecified atom stereocenters. The molecule has 4 nitrogen and oxygen atoms in total. The molecule has 0 aromatic heterocycles. The Morgan fingerprint density at radius 3 is 2.41 bits per heavy atom. The van der Waals surface area contributed by atoms with Crippen molar-refractivity contribution < 1.29 is 13.9 Å². The van der Waals surface area contributed by atoms with E-state index in [2.05, 4.69) is 21.0 Å². The second kappa shape index (κ2) is 5.88. The molecule has 3 rings (SSSR count). The molecule has 0 N–H and O–H groups in total. The van der Waals surface area contributed by atoms with Gasteiger partial charge in [-0.2, -0.15) is 5.01 Å². The third-order valence-corrected chi connectivity index (χ3v) is 3.74. The molecule has 2 aromatic carbocycles. The molecule has 0 spiro atoms. The molecule has 22 heavy (non-hydrogen) atoms. The lowest BCUT2D eigenvalue weighted by Crippen LogP contribution is -2.25. The SMILES string of the molecule is CC(=O)N1N=C(c2ccc(Br)cc2)O[C@H]1c1ccc(F)cc1. The molecule has 1 aliphatic heterocycles. The highest BCUT2D eigenvalue weighted by atomic mass is 79.9. The largest absolute Gasteiger partial charge is 0.446 e. The van der Waals surface area contributed by atoms with Gasteiger partial charge in [0.05, 0.1) is 0 Å². The number of hydrogen-bond donors (Lipinski definition) is 0. The van der Waals surface area contributed by atoms with E-state index in [1.165, 1.54) is 24.1 Å². The van der Waals surface area contributed by atoms with Crippen LogP contribution in [0.3, 0.4) is 0 Å². The van der Waals surface area contributed by atoms with Crippen molar-refractivity contribution in [3.63, 3.8) is 0 Å². The van der Waals surface area contributed by atoms with Crippen LogP contribution in [0.1, 0.15) is 24.3 Å². The smallest absolute Gasteiger partial charge is 0.243 e. The molecule has 0 bridgehead atoms. The Bertz CT molecular complexity index is 729. The molecular weight excluding hydrogens is 351 g/mol. The van der Waals surface area contributed by atoms with E-state index in [0.29, 0.717) is 11.5 Å². The summed E-state index contributed by atoms with van der Waals surface area (Å²) in [6, 6.07) is 13.2. The number of hydrazone groups is 1. The summed E-state index contributed by atoms with van der Waals surface area (Å²) in [6.45, 7) is 1.41. The first-order valence-corrected chi connectivity index (χ1v) is 7.40. The number of rotatable bonds is 2. The van der Waals surface area contributed by atoms with Gasteiger partial charge in [-0.1, -0.05) is 28.1 Å². The minimum absolute atomic E-state index is 0.249. The van der Waals surface area contributed by atoms with Crippen molar-refractivity contribution in [2.45, 2.75) is 13.2 Å². The molecule has 1 amide bonds. The van der Waals surface area contributed by atoms with Crippen LogP contribution in [-0.4, -0.2) is 16.8 Å². The second-order valence-electron chi connectivity index (χ2n) is 4.80. The zero-order chi connectivity index (χ0) is 15.7. The van der Waals surface area contributed by atoms with Crippen molar-refractivity contribution in [2.75, 3.05) is 0 Å². The molecule has 6 heteroatoms. The van der Waals surface area contributed by atoms with E-state index in [1.54, 1.807) is 12.1 Å². The molecular formula is C16H12BrFN2O2. The molecule has 1 atom stereocenters. The van der Waals surface area contributed by atoms with Gasteiger partial charge in [-0.3, -0.25) is 4.79 Å². The molecule has 2 aromatic rings. The number of benzene rings is 2. The average Bonchev–Trinajstić information content (AvgIpc) is 2.94. The molecule has 0 aliphatic carbocycles. The van der Waals surface area contributed by atoms with Gasteiger partial charge in [-0.05, 0) is 36.4 Å². The van der Waals surface area contributed by atoms with Crippen LogP contribution in [0.25, 0.3) is 0 Å². The highest BCUT2D eigenvalue weighted by Crippen LogP contribution is 2.30. The number of ether oxygens (including phenoxy) is 1. The molecule has 0 radical (unpaired) electrons. The van der Waals surface area contributed by atoms with Crippen LogP contribution in [0.5, 0.6) is 0 Å². The van der Waals surface area contributed by atoms with Gasteiger partial charge in [0.25, 0.3) is 0 Å². The van der Waals surface area contributed by atoms with Crippen LogP contribution in [0.2, 0.25) is 0 Å². The molecule has 0 fully saturated rings. The maximum absolute atomic E-state index is 13.1. The first kappa shape index (κ1) is 14.7. The van der Waals surface area contributed by atoms with E-state index in [9.17, 15) is 9.18 Å². The predicted octanol–water partition coefficient (Wildman–Crippen LogP) is 3.83. The minimum atomic E-state index is -0.684. The summed E-state index contributed by atoms with van der Waals surface area (Å²) in [6.07, 6.45) is -0.684. The second-order valence-corrected chi connectivity index (χ2v) is 5.71. The normalized spacial score (nSPS) is 17.1. The summed E-state index contributed by atoms with van der Waals surface area (Å²) in [5, 5.41) is 5.49. The van der Waals surface area contributed by atoms with Crippen molar-refractivity contribution in [1.82, 2.24) is 5.01 Å². The van der Waals surface area contributed by atoms with Gasteiger partial charge in [0.1, 0.15) is 5.82 Å². The number of nitrogens with zero attached hydrogens (tertiary/aromatic N) is 2. The summed E-state index contributed by atoms with van der Waals surface area (Å²) >= 11 is 3.36. The molecule has 0 saturated carbocycles. The van der Waals surface area contributed by atoms with Gasteiger partial charge in [-0.15, -0.1) is 5.10 Å². The van der Waals surface area contributed by atoms with Crippen molar-refractivity contribution in [1.29, 1.82) is 0 Å². The van der Waals surface area contributed by atoms with Gasteiger partial charge in [0.2, 0.25) is 18.0 Å². The minimum Gasteiger partial charge on any atom is -0.446 e. The third-order valence-electron chi connectivity index (χ3n) is 3.21. The van der Waals surface area contributed by atoms with E-state index in [4.69, 9.17) is 4.74 Å². The van der Waals surface area contributed by atoms with Crippen LogP contribution < -0.4 is 0 Å². The van der Waals surface area contributed by atoms with Gasteiger partial charge >= 0.3 is 0 Å². The lowest BCUT2D eigenvalue weighted by molar-refractivity contribution is -0.135. The standard InChI is InChI=1S/C16H12BrFN2O2/c1-10(21)20-16(12-4-8-14(18)9-5-12)22-15(19-20)11-2-6-13(17)7-3-11/h2-9,16H,1H3/t16-/m0/s1.